The first-order valence-electron chi connectivity index (χ1n) is 7.69. The molecule has 1 aliphatic carbocycles. The van der Waals surface area contributed by atoms with E-state index < -0.39 is 0 Å². The van der Waals surface area contributed by atoms with Crippen molar-refractivity contribution in [3.05, 3.63) is 29.0 Å². The molecule has 5 heteroatoms. The number of nitrogens with zero attached hydrogens (tertiary/aromatic N) is 2. The van der Waals surface area contributed by atoms with Crippen LogP contribution in [0.25, 0.3) is 0 Å². The Kier molecular flexibility index (Phi) is 4.45. The van der Waals surface area contributed by atoms with Crippen LogP contribution in [-0.2, 0) is 16.0 Å². The van der Waals surface area contributed by atoms with Crippen LogP contribution in [0.15, 0.2) is 18.5 Å². The number of hydrogen-bond donors (Lipinski definition) is 0. The number of ether oxygens (including phenoxy) is 1. The van der Waals surface area contributed by atoms with Gasteiger partial charge in [0.15, 0.2) is 0 Å². The lowest BCUT2D eigenvalue weighted by Gasteiger charge is -2.45. The average Bonchev–Trinajstić information content (AvgIpc) is 2.50. The van der Waals surface area contributed by atoms with Crippen molar-refractivity contribution in [2.75, 3.05) is 19.7 Å². The number of hydrogen-bond acceptors (Lipinski definition) is 3. The number of carbonyl (C=O) groups is 1. The monoisotopic (exact) mass is 308 g/mol. The van der Waals surface area contributed by atoms with Crippen LogP contribution in [0.1, 0.15) is 37.7 Å². The van der Waals surface area contributed by atoms with E-state index in [1.165, 1.54) is 19.3 Å². The molecule has 2 aliphatic rings. The molecule has 21 heavy (non-hydrogen) atoms. The molecule has 0 N–H and O–H groups in total. The number of halogens is 1. The van der Waals surface area contributed by atoms with Gasteiger partial charge in [-0.1, -0.05) is 30.9 Å². The van der Waals surface area contributed by atoms with Crippen LogP contribution >= 0.6 is 11.6 Å². The number of pyridine rings is 1. The summed E-state index contributed by atoms with van der Waals surface area (Å²) in [6.07, 6.45) is 9.46. The van der Waals surface area contributed by atoms with E-state index in [4.69, 9.17) is 16.3 Å². The first-order valence-corrected chi connectivity index (χ1v) is 8.06. The largest absolute Gasteiger partial charge is 0.371 e. The Labute approximate surface area is 130 Å². The molecule has 1 aliphatic heterocycles. The molecule has 2 fully saturated rings. The van der Waals surface area contributed by atoms with Gasteiger partial charge >= 0.3 is 0 Å². The van der Waals surface area contributed by atoms with Crippen molar-refractivity contribution in [2.24, 2.45) is 0 Å². The number of amides is 1. The minimum Gasteiger partial charge on any atom is -0.371 e. The molecule has 0 unspecified atom stereocenters. The molecule has 3 rings (SSSR count). The highest BCUT2D eigenvalue weighted by Crippen LogP contribution is 2.34. The molecule has 0 atom stereocenters. The molecule has 4 nitrogen and oxygen atoms in total. The van der Waals surface area contributed by atoms with E-state index in [1.54, 1.807) is 12.4 Å². The van der Waals surface area contributed by atoms with E-state index in [9.17, 15) is 4.79 Å². The van der Waals surface area contributed by atoms with Gasteiger partial charge < -0.3 is 9.64 Å². The van der Waals surface area contributed by atoms with Crippen molar-refractivity contribution in [1.82, 2.24) is 9.88 Å². The van der Waals surface area contributed by atoms with Gasteiger partial charge in [-0.25, -0.2) is 0 Å². The fourth-order valence-corrected chi connectivity index (χ4v) is 3.56. The van der Waals surface area contributed by atoms with Crippen LogP contribution in [0, 0.1) is 0 Å². The van der Waals surface area contributed by atoms with Crippen molar-refractivity contribution >= 4 is 17.5 Å². The zero-order valence-corrected chi connectivity index (χ0v) is 12.9. The SMILES string of the molecule is O=C(Cc1ccncc1Cl)N1CCOC2(CCCCC2)C1. The summed E-state index contributed by atoms with van der Waals surface area (Å²) in [6.45, 7) is 2.06. The maximum absolute atomic E-state index is 12.5. The topological polar surface area (TPSA) is 42.4 Å². The molecule has 1 amide bonds. The molecule has 114 valence electrons. The smallest absolute Gasteiger partial charge is 0.227 e. The third-order valence-corrected chi connectivity index (χ3v) is 4.90. The maximum Gasteiger partial charge on any atom is 0.227 e. The molecule has 1 saturated heterocycles. The van der Waals surface area contributed by atoms with E-state index in [0.717, 1.165) is 24.9 Å². The Balaban J connectivity index is 1.66. The molecule has 0 aromatic carbocycles. The normalized spacial score (nSPS) is 21.5. The van der Waals surface area contributed by atoms with Gasteiger partial charge in [0.1, 0.15) is 0 Å². The van der Waals surface area contributed by atoms with Crippen LogP contribution in [0.3, 0.4) is 0 Å². The third-order valence-electron chi connectivity index (χ3n) is 4.56. The van der Waals surface area contributed by atoms with Crippen LogP contribution in [0.4, 0.5) is 0 Å². The molecule has 1 aromatic rings. The van der Waals surface area contributed by atoms with Crippen LogP contribution < -0.4 is 0 Å². The lowest BCUT2D eigenvalue weighted by Crippen LogP contribution is -2.54. The number of rotatable bonds is 2. The van der Waals surface area contributed by atoms with E-state index in [-0.39, 0.29) is 11.5 Å². The van der Waals surface area contributed by atoms with Gasteiger partial charge in [-0.15, -0.1) is 0 Å². The van der Waals surface area contributed by atoms with Crippen LogP contribution in [0.2, 0.25) is 5.02 Å². The van der Waals surface area contributed by atoms with Gasteiger partial charge in [0.05, 0.1) is 23.7 Å². The molecule has 1 spiro atoms. The Hall–Kier alpha value is -1.13. The second-order valence-corrected chi connectivity index (χ2v) is 6.46. The minimum atomic E-state index is -0.0891. The fraction of sp³-hybridized carbons (Fsp3) is 0.625. The number of carbonyl (C=O) groups excluding carboxylic acids is 1. The zero-order valence-electron chi connectivity index (χ0n) is 12.2. The summed E-state index contributed by atoms with van der Waals surface area (Å²) in [4.78, 5) is 18.4. The highest BCUT2D eigenvalue weighted by atomic mass is 35.5. The Bertz CT molecular complexity index is 509. The third kappa shape index (κ3) is 3.38. The van der Waals surface area contributed by atoms with Gasteiger partial charge in [0.25, 0.3) is 0 Å². The van der Waals surface area contributed by atoms with Gasteiger partial charge in [-0.05, 0) is 24.5 Å². The second-order valence-electron chi connectivity index (χ2n) is 6.05. The van der Waals surface area contributed by atoms with Crippen molar-refractivity contribution in [3.8, 4) is 0 Å². The molecular weight excluding hydrogens is 288 g/mol. The fourth-order valence-electron chi connectivity index (χ4n) is 3.38. The average molecular weight is 309 g/mol. The minimum absolute atomic E-state index is 0.0891. The molecular formula is C16H21ClN2O2. The molecule has 0 radical (unpaired) electrons. The van der Waals surface area contributed by atoms with Gasteiger partial charge in [-0.3, -0.25) is 9.78 Å². The highest BCUT2D eigenvalue weighted by Gasteiger charge is 2.39. The van der Waals surface area contributed by atoms with Crippen LogP contribution in [-0.4, -0.2) is 41.1 Å². The highest BCUT2D eigenvalue weighted by molar-refractivity contribution is 6.31. The number of morpholine rings is 1. The Morgan fingerprint density at radius 3 is 2.95 bits per heavy atom. The molecule has 1 saturated carbocycles. The van der Waals surface area contributed by atoms with Crippen molar-refractivity contribution in [3.63, 3.8) is 0 Å². The van der Waals surface area contributed by atoms with Gasteiger partial charge in [-0.2, -0.15) is 0 Å². The maximum atomic E-state index is 12.5. The molecule has 1 aromatic heterocycles. The summed E-state index contributed by atoms with van der Waals surface area (Å²) < 4.78 is 6.03. The number of aromatic nitrogens is 1. The summed E-state index contributed by atoms with van der Waals surface area (Å²) in [5, 5.41) is 0.562. The van der Waals surface area contributed by atoms with Crippen molar-refractivity contribution < 1.29 is 9.53 Å². The van der Waals surface area contributed by atoms with E-state index >= 15 is 0 Å². The van der Waals surface area contributed by atoms with Gasteiger partial charge in [0, 0.05) is 25.5 Å². The van der Waals surface area contributed by atoms with Crippen LogP contribution in [0.5, 0.6) is 0 Å². The van der Waals surface area contributed by atoms with Crippen molar-refractivity contribution in [1.29, 1.82) is 0 Å². The lowest BCUT2D eigenvalue weighted by atomic mass is 9.83. The van der Waals surface area contributed by atoms with E-state index in [1.807, 2.05) is 11.0 Å². The lowest BCUT2D eigenvalue weighted by molar-refractivity contribution is -0.155. The predicted molar refractivity (Wildman–Crippen MR) is 81.3 cm³/mol. The van der Waals surface area contributed by atoms with E-state index in [2.05, 4.69) is 4.98 Å². The van der Waals surface area contributed by atoms with Crippen molar-refractivity contribution in [2.45, 2.75) is 44.1 Å². The summed E-state index contributed by atoms with van der Waals surface area (Å²) >= 11 is 6.09. The molecule has 2 heterocycles. The predicted octanol–water partition coefficient (Wildman–Crippen LogP) is 2.84. The molecule has 0 bridgehead atoms. The van der Waals surface area contributed by atoms with Gasteiger partial charge in [0.2, 0.25) is 5.91 Å². The standard InChI is InChI=1S/C16H21ClN2O2/c17-14-11-18-7-4-13(14)10-15(20)19-8-9-21-16(12-19)5-2-1-3-6-16/h4,7,11H,1-3,5-6,8-10,12H2. The summed E-state index contributed by atoms with van der Waals surface area (Å²) in [5.74, 6) is 0.136. The Morgan fingerprint density at radius 2 is 2.19 bits per heavy atom. The second kappa shape index (κ2) is 6.32. The Morgan fingerprint density at radius 1 is 1.38 bits per heavy atom. The summed E-state index contributed by atoms with van der Waals surface area (Å²) in [5.41, 5.74) is 0.759. The summed E-state index contributed by atoms with van der Waals surface area (Å²) in [6, 6.07) is 1.82. The zero-order chi connectivity index (χ0) is 14.7. The quantitative estimate of drug-likeness (QED) is 0.843. The van der Waals surface area contributed by atoms with E-state index in [0.29, 0.717) is 24.6 Å². The summed E-state index contributed by atoms with van der Waals surface area (Å²) in [7, 11) is 0. The first kappa shape index (κ1) is 14.8. The first-order chi connectivity index (χ1) is 10.2.